The van der Waals surface area contributed by atoms with Crippen LogP contribution in [0.4, 0.5) is 0 Å². The fourth-order valence-corrected chi connectivity index (χ4v) is 1.76. The lowest BCUT2D eigenvalue weighted by atomic mass is 10.0. The molecule has 2 atom stereocenters. The van der Waals surface area contributed by atoms with E-state index < -0.39 is 0 Å². The van der Waals surface area contributed by atoms with Crippen LogP contribution >= 0.6 is 0 Å². The van der Waals surface area contributed by atoms with E-state index in [2.05, 4.69) is 17.4 Å². The molecular weight excluding hydrogens is 194 g/mol. The highest BCUT2D eigenvalue weighted by Gasteiger charge is 2.21. The van der Waals surface area contributed by atoms with Gasteiger partial charge in [-0.3, -0.25) is 0 Å². The molecule has 0 radical (unpaired) electrons. The number of ether oxygens (including phenoxy) is 1. The first-order valence-electron chi connectivity index (χ1n) is 5.51. The minimum Gasteiger partial charge on any atom is -0.409 e. The van der Waals surface area contributed by atoms with E-state index in [1.54, 1.807) is 0 Å². The fraction of sp³-hybridized carbons (Fsp3) is 0.900. The number of oxime groups is 1. The van der Waals surface area contributed by atoms with Crippen LogP contribution in [-0.4, -0.2) is 36.8 Å². The van der Waals surface area contributed by atoms with Gasteiger partial charge in [-0.25, -0.2) is 0 Å². The summed E-state index contributed by atoms with van der Waals surface area (Å²) in [5.74, 6) is 0.933. The van der Waals surface area contributed by atoms with Crippen LogP contribution in [-0.2, 0) is 4.74 Å². The number of hydrogen-bond donors (Lipinski definition) is 3. The quantitative estimate of drug-likeness (QED) is 0.198. The van der Waals surface area contributed by atoms with Gasteiger partial charge >= 0.3 is 0 Å². The highest BCUT2D eigenvalue weighted by Crippen LogP contribution is 2.16. The highest BCUT2D eigenvalue weighted by molar-refractivity contribution is 5.79. The fourth-order valence-electron chi connectivity index (χ4n) is 1.76. The van der Waals surface area contributed by atoms with Gasteiger partial charge < -0.3 is 21.0 Å². The molecule has 15 heavy (non-hydrogen) atoms. The maximum atomic E-state index is 8.34. The number of amidine groups is 1. The number of nitrogens with two attached hydrogens (primary N) is 1. The summed E-state index contributed by atoms with van der Waals surface area (Å²) < 4.78 is 5.33. The molecule has 1 aliphatic rings. The van der Waals surface area contributed by atoms with E-state index in [1.807, 2.05) is 0 Å². The Kier molecular flexibility index (Phi) is 5.42. The van der Waals surface area contributed by atoms with Crippen LogP contribution in [0.5, 0.6) is 0 Å². The van der Waals surface area contributed by atoms with Gasteiger partial charge in [0.15, 0.2) is 0 Å². The van der Waals surface area contributed by atoms with Crippen molar-refractivity contribution in [2.24, 2.45) is 16.8 Å². The first kappa shape index (κ1) is 12.3. The minimum absolute atomic E-state index is 0.300. The van der Waals surface area contributed by atoms with Crippen LogP contribution in [0.3, 0.4) is 0 Å². The van der Waals surface area contributed by atoms with Crippen molar-refractivity contribution in [2.45, 2.75) is 32.2 Å². The van der Waals surface area contributed by atoms with E-state index in [-0.39, 0.29) is 0 Å². The van der Waals surface area contributed by atoms with E-state index in [4.69, 9.17) is 15.7 Å². The molecule has 0 saturated carbocycles. The Labute approximate surface area is 90.7 Å². The maximum absolute atomic E-state index is 8.34. The molecule has 0 aromatic heterocycles. The second kappa shape index (κ2) is 6.63. The molecule has 0 bridgehead atoms. The van der Waals surface area contributed by atoms with Crippen LogP contribution in [0.25, 0.3) is 0 Å². The van der Waals surface area contributed by atoms with Crippen LogP contribution < -0.4 is 11.1 Å². The smallest absolute Gasteiger partial charge is 0.139 e. The van der Waals surface area contributed by atoms with Crippen molar-refractivity contribution < 1.29 is 9.94 Å². The summed E-state index contributed by atoms with van der Waals surface area (Å²) >= 11 is 0. The zero-order valence-corrected chi connectivity index (χ0v) is 9.28. The average molecular weight is 215 g/mol. The maximum Gasteiger partial charge on any atom is 0.139 e. The molecule has 1 heterocycles. The van der Waals surface area contributed by atoms with E-state index in [0.717, 1.165) is 32.6 Å². The van der Waals surface area contributed by atoms with Crippen molar-refractivity contribution >= 4 is 5.84 Å². The summed E-state index contributed by atoms with van der Waals surface area (Å²) in [6.07, 6.45) is 2.68. The van der Waals surface area contributed by atoms with Crippen molar-refractivity contribution in [1.82, 2.24) is 5.32 Å². The molecule has 4 N–H and O–H groups in total. The third-order valence-electron chi connectivity index (χ3n) is 2.88. The van der Waals surface area contributed by atoms with Gasteiger partial charge in [-0.2, -0.15) is 0 Å². The van der Waals surface area contributed by atoms with Crippen LogP contribution in [0.2, 0.25) is 0 Å². The minimum atomic E-state index is 0.300. The summed E-state index contributed by atoms with van der Waals surface area (Å²) in [7, 11) is 0. The lowest BCUT2D eigenvalue weighted by Gasteiger charge is -2.18. The van der Waals surface area contributed by atoms with Crippen molar-refractivity contribution in [3.05, 3.63) is 0 Å². The largest absolute Gasteiger partial charge is 0.409 e. The summed E-state index contributed by atoms with van der Waals surface area (Å²) in [6, 6.07) is 0.486. The van der Waals surface area contributed by atoms with E-state index in [0.29, 0.717) is 24.2 Å². The Balaban J connectivity index is 2.04. The van der Waals surface area contributed by atoms with Gasteiger partial charge in [0, 0.05) is 19.1 Å². The molecule has 5 heteroatoms. The van der Waals surface area contributed by atoms with Crippen molar-refractivity contribution in [3.63, 3.8) is 0 Å². The number of rotatable bonds is 6. The molecule has 2 unspecified atom stereocenters. The monoisotopic (exact) mass is 215 g/mol. The van der Waals surface area contributed by atoms with Gasteiger partial charge in [0.25, 0.3) is 0 Å². The SMILES string of the molecule is CC(NCCCC(N)=NO)C1CCOC1. The predicted molar refractivity (Wildman–Crippen MR) is 59.0 cm³/mol. The Morgan fingerprint density at radius 1 is 1.73 bits per heavy atom. The Hall–Kier alpha value is -0.810. The lowest BCUT2D eigenvalue weighted by Crippen LogP contribution is -2.34. The number of nitrogens with zero attached hydrogens (tertiary/aromatic N) is 1. The van der Waals surface area contributed by atoms with Crippen molar-refractivity contribution in [3.8, 4) is 0 Å². The summed E-state index contributed by atoms with van der Waals surface area (Å²) in [4.78, 5) is 0. The van der Waals surface area contributed by atoms with Crippen molar-refractivity contribution in [1.29, 1.82) is 0 Å². The standard InChI is InChI=1S/C10H21N3O2/c1-8(9-4-6-15-7-9)12-5-2-3-10(11)13-14/h8-9,12,14H,2-7H2,1H3,(H2,11,13). The molecule has 1 saturated heterocycles. The first-order chi connectivity index (χ1) is 7.24. The zero-order chi connectivity index (χ0) is 11.1. The Morgan fingerprint density at radius 3 is 3.13 bits per heavy atom. The van der Waals surface area contributed by atoms with Gasteiger partial charge in [-0.1, -0.05) is 5.16 Å². The highest BCUT2D eigenvalue weighted by atomic mass is 16.5. The summed E-state index contributed by atoms with van der Waals surface area (Å²) in [5, 5.41) is 14.7. The molecule has 0 aromatic rings. The van der Waals surface area contributed by atoms with Crippen LogP contribution in [0.1, 0.15) is 26.2 Å². The third kappa shape index (κ3) is 4.48. The average Bonchev–Trinajstić information content (AvgIpc) is 2.77. The molecule has 1 aliphatic heterocycles. The molecule has 88 valence electrons. The van der Waals surface area contributed by atoms with Gasteiger partial charge in [-0.05, 0) is 32.2 Å². The zero-order valence-electron chi connectivity index (χ0n) is 9.28. The topological polar surface area (TPSA) is 79.9 Å². The molecule has 0 amide bonds. The second-order valence-electron chi connectivity index (χ2n) is 4.06. The second-order valence-corrected chi connectivity index (χ2v) is 4.06. The molecule has 0 spiro atoms. The lowest BCUT2D eigenvalue weighted by molar-refractivity contribution is 0.178. The van der Waals surface area contributed by atoms with Gasteiger partial charge in [0.2, 0.25) is 0 Å². The van der Waals surface area contributed by atoms with Crippen molar-refractivity contribution in [2.75, 3.05) is 19.8 Å². The first-order valence-corrected chi connectivity index (χ1v) is 5.51. The normalized spacial score (nSPS) is 24.3. The van der Waals surface area contributed by atoms with Gasteiger partial charge in [0.05, 0.1) is 6.61 Å². The molecule has 1 rings (SSSR count). The Morgan fingerprint density at radius 2 is 2.53 bits per heavy atom. The molecule has 1 fully saturated rings. The van der Waals surface area contributed by atoms with E-state index >= 15 is 0 Å². The van der Waals surface area contributed by atoms with E-state index in [1.165, 1.54) is 0 Å². The van der Waals surface area contributed by atoms with Crippen LogP contribution in [0, 0.1) is 5.92 Å². The van der Waals surface area contributed by atoms with Gasteiger partial charge in [-0.15, -0.1) is 0 Å². The summed E-state index contributed by atoms with van der Waals surface area (Å²) in [5.41, 5.74) is 5.36. The molecule has 5 nitrogen and oxygen atoms in total. The van der Waals surface area contributed by atoms with Crippen LogP contribution in [0.15, 0.2) is 5.16 Å². The molecule has 0 aliphatic carbocycles. The third-order valence-corrected chi connectivity index (χ3v) is 2.88. The number of hydrogen-bond acceptors (Lipinski definition) is 4. The predicted octanol–water partition coefficient (Wildman–Crippen LogP) is 0.528. The van der Waals surface area contributed by atoms with Gasteiger partial charge in [0.1, 0.15) is 5.84 Å². The summed E-state index contributed by atoms with van der Waals surface area (Å²) in [6.45, 7) is 4.84. The molecule has 0 aromatic carbocycles. The molecular formula is C10H21N3O2. The van der Waals surface area contributed by atoms with E-state index in [9.17, 15) is 0 Å². The Bertz CT molecular complexity index is 203. The number of nitrogens with one attached hydrogen (secondary N) is 1.